The fourth-order valence-electron chi connectivity index (χ4n) is 3.10. The van der Waals surface area contributed by atoms with Gasteiger partial charge >= 0.3 is 0 Å². The summed E-state index contributed by atoms with van der Waals surface area (Å²) in [4.78, 5) is 26.1. The van der Waals surface area contributed by atoms with E-state index in [0.29, 0.717) is 18.9 Å². The van der Waals surface area contributed by atoms with Crippen LogP contribution in [0.15, 0.2) is 18.2 Å². The van der Waals surface area contributed by atoms with Gasteiger partial charge in [-0.1, -0.05) is 19.9 Å². The lowest BCUT2D eigenvalue weighted by atomic mass is 10.0. The number of anilines is 2. The van der Waals surface area contributed by atoms with Gasteiger partial charge < -0.3 is 15.5 Å². The van der Waals surface area contributed by atoms with Crippen molar-refractivity contribution < 1.29 is 9.59 Å². The van der Waals surface area contributed by atoms with Crippen molar-refractivity contribution in [2.45, 2.75) is 46.5 Å². The molecule has 1 unspecified atom stereocenters. The third kappa shape index (κ3) is 4.98. The quantitative estimate of drug-likeness (QED) is 0.840. The number of hydrogen-bond donors (Lipinski definition) is 2. The highest BCUT2D eigenvalue weighted by Gasteiger charge is 2.20. The molecule has 132 valence electrons. The molecule has 5 heteroatoms. The monoisotopic (exact) mass is 331 g/mol. The molecule has 2 N–H and O–H groups in total. The van der Waals surface area contributed by atoms with E-state index in [2.05, 4.69) is 17.6 Å². The van der Waals surface area contributed by atoms with Gasteiger partial charge in [0.1, 0.15) is 0 Å². The first-order valence-corrected chi connectivity index (χ1v) is 8.92. The van der Waals surface area contributed by atoms with Gasteiger partial charge in [0.15, 0.2) is 0 Å². The Kier molecular flexibility index (Phi) is 6.64. The van der Waals surface area contributed by atoms with Crippen LogP contribution in [0.1, 0.15) is 45.1 Å². The molecule has 24 heavy (non-hydrogen) atoms. The van der Waals surface area contributed by atoms with E-state index in [9.17, 15) is 9.59 Å². The number of amides is 2. The highest BCUT2D eigenvalue weighted by molar-refractivity contribution is 5.92. The van der Waals surface area contributed by atoms with E-state index in [-0.39, 0.29) is 11.8 Å². The van der Waals surface area contributed by atoms with Crippen LogP contribution in [0.2, 0.25) is 0 Å². The molecule has 0 saturated carbocycles. The summed E-state index contributed by atoms with van der Waals surface area (Å²) < 4.78 is 0. The van der Waals surface area contributed by atoms with Crippen LogP contribution in [-0.2, 0) is 9.59 Å². The smallest absolute Gasteiger partial charge is 0.241 e. The molecule has 2 amide bonds. The third-order valence-corrected chi connectivity index (χ3v) is 4.52. The van der Waals surface area contributed by atoms with Crippen molar-refractivity contribution in [3.63, 3.8) is 0 Å². The summed E-state index contributed by atoms with van der Waals surface area (Å²) in [5.41, 5.74) is 2.65. The van der Waals surface area contributed by atoms with Crippen LogP contribution in [0.4, 0.5) is 11.4 Å². The number of benzene rings is 1. The predicted octanol–water partition coefficient (Wildman–Crippen LogP) is 3.40. The molecule has 0 aliphatic carbocycles. The van der Waals surface area contributed by atoms with Crippen LogP contribution >= 0.6 is 0 Å². The van der Waals surface area contributed by atoms with Crippen LogP contribution in [0.3, 0.4) is 0 Å². The van der Waals surface area contributed by atoms with Gasteiger partial charge in [0, 0.05) is 30.9 Å². The maximum Gasteiger partial charge on any atom is 0.241 e. The van der Waals surface area contributed by atoms with Crippen molar-refractivity contribution >= 4 is 23.2 Å². The fraction of sp³-hybridized carbons (Fsp3) is 0.579. The Balaban J connectivity index is 1.94. The van der Waals surface area contributed by atoms with Crippen LogP contribution in [0, 0.1) is 12.8 Å². The van der Waals surface area contributed by atoms with Gasteiger partial charge in [-0.25, -0.2) is 0 Å². The second-order valence-corrected chi connectivity index (χ2v) is 6.72. The minimum absolute atomic E-state index is 0.0242. The zero-order valence-electron chi connectivity index (χ0n) is 15.0. The van der Waals surface area contributed by atoms with Crippen molar-refractivity contribution in [2.24, 2.45) is 5.92 Å². The zero-order chi connectivity index (χ0) is 17.5. The number of piperidine rings is 1. The number of rotatable bonds is 6. The van der Waals surface area contributed by atoms with E-state index in [0.717, 1.165) is 42.9 Å². The molecule has 0 spiro atoms. The summed E-state index contributed by atoms with van der Waals surface area (Å²) in [5, 5.41) is 6.16. The van der Waals surface area contributed by atoms with E-state index >= 15 is 0 Å². The molecule has 1 fully saturated rings. The molecule has 1 saturated heterocycles. The minimum Gasteiger partial charge on any atom is -0.376 e. The number of carbonyl (C=O) groups is 2. The van der Waals surface area contributed by atoms with E-state index in [1.807, 2.05) is 36.9 Å². The first-order valence-electron chi connectivity index (χ1n) is 8.92. The van der Waals surface area contributed by atoms with E-state index in [4.69, 9.17) is 0 Å². The zero-order valence-corrected chi connectivity index (χ0v) is 15.0. The molecule has 0 radical (unpaired) electrons. The minimum atomic E-state index is 0.0242. The molecule has 1 heterocycles. The summed E-state index contributed by atoms with van der Waals surface area (Å²) in [7, 11) is 0. The second-order valence-electron chi connectivity index (χ2n) is 6.72. The Morgan fingerprint density at radius 3 is 2.75 bits per heavy atom. The van der Waals surface area contributed by atoms with Crippen LogP contribution in [-0.4, -0.2) is 36.3 Å². The van der Waals surface area contributed by atoms with E-state index < -0.39 is 0 Å². The van der Waals surface area contributed by atoms with Gasteiger partial charge in [-0.05, 0) is 49.8 Å². The Bertz CT molecular complexity index is 586. The largest absolute Gasteiger partial charge is 0.376 e. The van der Waals surface area contributed by atoms with Gasteiger partial charge in [-0.2, -0.15) is 0 Å². The van der Waals surface area contributed by atoms with E-state index in [1.54, 1.807) is 0 Å². The normalized spacial score (nSPS) is 17.5. The average Bonchev–Trinajstić information content (AvgIpc) is 2.55. The Hall–Kier alpha value is -2.04. The first kappa shape index (κ1) is 18.3. The first-order chi connectivity index (χ1) is 11.5. The molecule has 5 nitrogen and oxygen atoms in total. The number of nitrogens with one attached hydrogen (secondary N) is 2. The molecule has 1 aromatic rings. The highest BCUT2D eigenvalue weighted by atomic mass is 16.2. The van der Waals surface area contributed by atoms with Crippen molar-refractivity contribution in [1.29, 1.82) is 0 Å². The van der Waals surface area contributed by atoms with Gasteiger partial charge in [0.05, 0.1) is 6.54 Å². The topological polar surface area (TPSA) is 61.4 Å². The average molecular weight is 331 g/mol. The summed E-state index contributed by atoms with van der Waals surface area (Å²) in [5.74, 6) is 0.749. The van der Waals surface area contributed by atoms with Crippen molar-refractivity contribution in [2.75, 3.05) is 30.3 Å². The summed E-state index contributed by atoms with van der Waals surface area (Å²) in [6.45, 7) is 8.14. The summed E-state index contributed by atoms with van der Waals surface area (Å²) in [6, 6.07) is 5.73. The molecule has 1 aromatic carbocycles. The predicted molar refractivity (Wildman–Crippen MR) is 98.2 cm³/mol. The SMILES string of the molecule is CCCC(=O)Nc1cccc(NCC(=O)N2CCCC(C)C2)c1C. The molecule has 1 aliphatic heterocycles. The third-order valence-electron chi connectivity index (χ3n) is 4.52. The van der Waals surface area contributed by atoms with Crippen LogP contribution < -0.4 is 10.6 Å². The number of nitrogens with zero attached hydrogens (tertiary/aromatic N) is 1. The molecule has 1 atom stereocenters. The lowest BCUT2D eigenvalue weighted by Gasteiger charge is -2.31. The second kappa shape index (κ2) is 8.71. The summed E-state index contributed by atoms with van der Waals surface area (Å²) in [6.07, 6.45) is 3.63. The maximum absolute atomic E-state index is 12.4. The van der Waals surface area contributed by atoms with Gasteiger partial charge in [0.2, 0.25) is 11.8 Å². The lowest BCUT2D eigenvalue weighted by Crippen LogP contribution is -2.42. The number of hydrogen-bond acceptors (Lipinski definition) is 3. The van der Waals surface area contributed by atoms with Gasteiger partial charge in [-0.3, -0.25) is 9.59 Å². The fourth-order valence-corrected chi connectivity index (χ4v) is 3.10. The van der Waals surface area contributed by atoms with E-state index in [1.165, 1.54) is 6.42 Å². The number of likely N-dealkylation sites (tertiary alicyclic amines) is 1. The lowest BCUT2D eigenvalue weighted by molar-refractivity contribution is -0.131. The Labute approximate surface area is 144 Å². The molecular weight excluding hydrogens is 302 g/mol. The molecule has 0 aromatic heterocycles. The van der Waals surface area contributed by atoms with Crippen LogP contribution in [0.5, 0.6) is 0 Å². The van der Waals surface area contributed by atoms with Gasteiger partial charge in [0.25, 0.3) is 0 Å². The van der Waals surface area contributed by atoms with Crippen molar-refractivity contribution in [3.8, 4) is 0 Å². The summed E-state index contributed by atoms with van der Waals surface area (Å²) >= 11 is 0. The highest BCUT2D eigenvalue weighted by Crippen LogP contribution is 2.23. The number of carbonyl (C=O) groups excluding carboxylic acids is 2. The van der Waals surface area contributed by atoms with Gasteiger partial charge in [-0.15, -0.1) is 0 Å². The maximum atomic E-state index is 12.4. The van der Waals surface area contributed by atoms with Crippen LogP contribution in [0.25, 0.3) is 0 Å². The van der Waals surface area contributed by atoms with Crippen molar-refractivity contribution in [3.05, 3.63) is 23.8 Å². The molecule has 0 bridgehead atoms. The Morgan fingerprint density at radius 1 is 1.29 bits per heavy atom. The molecule has 2 rings (SSSR count). The molecule has 1 aliphatic rings. The standard InChI is InChI=1S/C19H29N3O2/c1-4-7-18(23)21-17-10-5-9-16(15(17)3)20-12-19(24)22-11-6-8-14(2)13-22/h5,9-10,14,20H,4,6-8,11-13H2,1-3H3,(H,21,23). The Morgan fingerprint density at radius 2 is 2.04 bits per heavy atom. The van der Waals surface area contributed by atoms with Crippen molar-refractivity contribution in [1.82, 2.24) is 4.90 Å². The molecular formula is C19H29N3O2.